The first-order chi connectivity index (χ1) is 23.7. The second-order valence-corrected chi connectivity index (χ2v) is 23.5. The molecule has 0 heterocycles. The summed E-state index contributed by atoms with van der Waals surface area (Å²) in [7, 11) is -5.45. The van der Waals surface area contributed by atoms with E-state index < -0.39 is 15.0 Å². The fourth-order valence-corrected chi connectivity index (χ4v) is 19.2. The molecule has 0 amide bonds. The number of unbranched alkanes of at least 4 members (excludes halogenated alkanes) is 1. The number of guanidine groups is 1. The molecule has 0 spiro atoms. The van der Waals surface area contributed by atoms with Crippen LogP contribution in [0.3, 0.4) is 0 Å². The first-order valence-corrected chi connectivity index (χ1v) is 24.4. The van der Waals surface area contributed by atoms with Gasteiger partial charge in [0.25, 0.3) is 0 Å². The first-order valence-electron chi connectivity index (χ1n) is 21.2. The summed E-state index contributed by atoms with van der Waals surface area (Å²) < 4.78 is 29.2. The summed E-state index contributed by atoms with van der Waals surface area (Å²) in [6, 6.07) is 3.02. The topological polar surface area (TPSA) is 56.5 Å². The van der Waals surface area contributed by atoms with Gasteiger partial charge in [-0.15, -0.1) is 0 Å². The third kappa shape index (κ3) is 12.2. The highest BCUT2D eigenvalue weighted by Gasteiger charge is 2.50. The van der Waals surface area contributed by atoms with E-state index in [1.54, 1.807) is 0 Å². The summed E-state index contributed by atoms with van der Waals surface area (Å²) >= 11 is 0. The number of nitrogens with zero attached hydrogens (tertiary/aromatic N) is 9. The number of rotatable bonds is 21. The Hall–Kier alpha value is -0.110. The Balaban J connectivity index is 10.0. The summed E-state index contributed by atoms with van der Waals surface area (Å²) in [6.45, 7) is 59.7. The van der Waals surface area contributed by atoms with Crippen LogP contribution < -0.4 is 0 Å². The average Bonchev–Trinajstić information content (AvgIpc) is 2.90. The van der Waals surface area contributed by atoms with Crippen molar-refractivity contribution in [2.45, 2.75) is 258 Å². The molecule has 0 saturated carbocycles. The maximum absolute atomic E-state index is 6.32. The standard InChI is InChI=1S/C41H93N9P2/c1-26-27-28-42-41(43-51(45(29(2)3)30(4)5,46(31(6)7)32(8)9)47(33(10)11)34(12)13)44-52(48(35(14)15)36(16)17,49(37(18)19)38(20)21)50(39(22)23)40(24)25/h29-40H,26-28H2,1-25H3. The third-order valence-corrected chi connectivity index (χ3v) is 19.6. The van der Waals surface area contributed by atoms with Crippen LogP contribution in [0.15, 0.2) is 14.5 Å². The van der Waals surface area contributed by atoms with Crippen LogP contribution in [0.2, 0.25) is 0 Å². The lowest BCUT2D eigenvalue weighted by atomic mass is 10.3. The van der Waals surface area contributed by atoms with Crippen molar-refractivity contribution < 1.29 is 0 Å². The quantitative estimate of drug-likeness (QED) is 0.0501. The van der Waals surface area contributed by atoms with Crippen LogP contribution in [-0.4, -0.2) is 113 Å². The molecule has 0 aromatic carbocycles. The highest BCUT2D eigenvalue weighted by Crippen LogP contribution is 2.68. The van der Waals surface area contributed by atoms with Gasteiger partial charge in [-0.1, -0.05) is 13.3 Å². The molecular formula is C41H93N9P2. The lowest BCUT2D eigenvalue weighted by Crippen LogP contribution is -2.54. The van der Waals surface area contributed by atoms with Gasteiger partial charge < -0.3 is 0 Å². The van der Waals surface area contributed by atoms with Crippen molar-refractivity contribution in [1.82, 2.24) is 28.0 Å². The maximum Gasteiger partial charge on any atom is 0.248 e. The van der Waals surface area contributed by atoms with E-state index >= 15 is 0 Å². The molecule has 0 aliphatic carbocycles. The summed E-state index contributed by atoms with van der Waals surface area (Å²) in [5.41, 5.74) is 0. The maximum atomic E-state index is 6.32. The normalized spacial score (nSPS) is 14.1. The second kappa shape index (κ2) is 22.6. The average molecular weight is 774 g/mol. The van der Waals surface area contributed by atoms with Crippen LogP contribution >= 0.6 is 15.0 Å². The Morgan fingerprint density at radius 1 is 0.346 bits per heavy atom. The van der Waals surface area contributed by atoms with E-state index in [0.29, 0.717) is 12.5 Å². The molecule has 0 atom stereocenters. The molecular weight excluding hydrogens is 680 g/mol. The van der Waals surface area contributed by atoms with Gasteiger partial charge in [0.05, 0.1) is 0 Å². The molecule has 0 aliphatic rings. The van der Waals surface area contributed by atoms with Crippen molar-refractivity contribution in [1.29, 1.82) is 0 Å². The van der Waals surface area contributed by atoms with E-state index in [-0.39, 0.29) is 72.5 Å². The van der Waals surface area contributed by atoms with Crippen LogP contribution in [0.1, 0.15) is 186 Å². The van der Waals surface area contributed by atoms with Gasteiger partial charge in [-0.2, -0.15) is 9.49 Å². The zero-order valence-electron chi connectivity index (χ0n) is 39.5. The molecule has 0 rings (SSSR count). The minimum absolute atomic E-state index is 0.252. The van der Waals surface area contributed by atoms with Crippen molar-refractivity contribution in [3.8, 4) is 0 Å². The van der Waals surface area contributed by atoms with E-state index in [0.717, 1.165) is 12.8 Å². The van der Waals surface area contributed by atoms with Crippen molar-refractivity contribution >= 4 is 21.0 Å². The zero-order chi connectivity index (χ0) is 41.2. The third-order valence-electron chi connectivity index (χ3n) is 9.42. The van der Waals surface area contributed by atoms with Gasteiger partial charge in [0.1, 0.15) is 0 Å². The Labute approximate surface area is 327 Å². The first kappa shape index (κ1) is 51.9. The van der Waals surface area contributed by atoms with Crippen molar-refractivity contribution in [2.24, 2.45) is 14.5 Å². The number of hydrogen-bond donors (Lipinski definition) is 0. The molecule has 0 aromatic heterocycles. The monoisotopic (exact) mass is 774 g/mol. The molecule has 0 fully saturated rings. The van der Waals surface area contributed by atoms with Crippen LogP contribution in [0.25, 0.3) is 0 Å². The van der Waals surface area contributed by atoms with Gasteiger partial charge in [0, 0.05) is 79.0 Å². The molecule has 11 heteroatoms. The van der Waals surface area contributed by atoms with Gasteiger partial charge >= 0.3 is 0 Å². The second-order valence-electron chi connectivity index (χ2n) is 18.2. The van der Waals surface area contributed by atoms with E-state index in [1.165, 1.54) is 0 Å². The Bertz CT molecular complexity index is 909. The molecule has 0 aliphatic heterocycles. The minimum Gasteiger partial charge on any atom is -0.249 e. The van der Waals surface area contributed by atoms with Crippen molar-refractivity contribution in [3.05, 3.63) is 0 Å². The minimum atomic E-state index is -2.72. The van der Waals surface area contributed by atoms with Gasteiger partial charge in [-0.05, 0) is 173 Å². The van der Waals surface area contributed by atoms with Crippen LogP contribution in [-0.2, 0) is 0 Å². The Morgan fingerprint density at radius 3 is 0.654 bits per heavy atom. The number of aliphatic imine (C=N–C) groups is 1. The fraction of sp³-hybridized carbons (Fsp3) is 0.976. The van der Waals surface area contributed by atoms with E-state index in [4.69, 9.17) is 14.5 Å². The van der Waals surface area contributed by atoms with Gasteiger partial charge in [0.15, 0.2) is 15.0 Å². The van der Waals surface area contributed by atoms with E-state index in [1.807, 2.05) is 0 Å². The van der Waals surface area contributed by atoms with E-state index in [9.17, 15) is 0 Å². The highest BCUT2D eigenvalue weighted by atomic mass is 31.2. The molecule has 0 saturated heterocycles. The van der Waals surface area contributed by atoms with Gasteiger partial charge in [0.2, 0.25) is 5.96 Å². The Kier molecular flexibility index (Phi) is 22.5. The molecule has 312 valence electrons. The summed E-state index contributed by atoms with van der Waals surface area (Å²) in [6.07, 6.45) is 2.09. The Morgan fingerprint density at radius 2 is 0.519 bits per heavy atom. The van der Waals surface area contributed by atoms with Crippen LogP contribution in [0.4, 0.5) is 0 Å². The SMILES string of the molecule is CCCCN=C(N=P(N(C(C)C)C(C)C)(N(C(C)C)C(C)C)N(C(C)C)C(C)C)N=P(N(C(C)C)C(C)C)(N(C(C)C)C(C)C)N(C(C)C)C(C)C. The van der Waals surface area contributed by atoms with Crippen LogP contribution in [0, 0.1) is 0 Å². The van der Waals surface area contributed by atoms with Crippen molar-refractivity contribution in [2.75, 3.05) is 6.54 Å². The molecule has 52 heavy (non-hydrogen) atoms. The van der Waals surface area contributed by atoms with Gasteiger partial charge in [-0.3, -0.25) is 0 Å². The summed E-state index contributed by atoms with van der Waals surface area (Å²) in [5, 5.41) is 0. The molecule has 0 bridgehead atoms. The predicted octanol–water partition coefficient (Wildman–Crippen LogP) is 12.7. The highest BCUT2D eigenvalue weighted by molar-refractivity contribution is 7.60. The smallest absolute Gasteiger partial charge is 0.248 e. The van der Waals surface area contributed by atoms with Crippen molar-refractivity contribution in [3.63, 3.8) is 0 Å². The fourth-order valence-electron chi connectivity index (χ4n) is 8.98. The molecule has 0 unspecified atom stereocenters. The lowest BCUT2D eigenvalue weighted by Gasteiger charge is -2.58. The molecule has 9 nitrogen and oxygen atoms in total. The molecule has 0 N–H and O–H groups in total. The number of hydrogen-bond acceptors (Lipinski definition) is 1. The predicted molar refractivity (Wildman–Crippen MR) is 239 cm³/mol. The summed E-state index contributed by atoms with van der Waals surface area (Å²) in [4.78, 5) is 5.57. The summed E-state index contributed by atoms with van der Waals surface area (Å²) in [5.74, 6) is 0.697. The van der Waals surface area contributed by atoms with E-state index in [2.05, 4.69) is 201 Å². The molecule has 0 aromatic rings. The van der Waals surface area contributed by atoms with Crippen LogP contribution in [0.5, 0.6) is 0 Å². The van der Waals surface area contributed by atoms with Gasteiger partial charge in [-0.25, -0.2) is 33.0 Å². The lowest BCUT2D eigenvalue weighted by molar-refractivity contribution is 0.188. The zero-order valence-corrected chi connectivity index (χ0v) is 41.3. The molecule has 0 radical (unpaired) electrons. The largest absolute Gasteiger partial charge is 0.249 e.